The molecule has 4 nitrogen and oxygen atoms in total. The molecule has 0 aliphatic heterocycles. The molecule has 0 bridgehead atoms. The number of alkyl halides is 5. The highest BCUT2D eigenvalue weighted by atomic mass is 32.1. The van der Waals surface area contributed by atoms with E-state index in [9.17, 15) is 26.7 Å². The van der Waals surface area contributed by atoms with E-state index in [4.69, 9.17) is 0 Å². The first-order valence-electron chi connectivity index (χ1n) is 9.30. The monoisotopic (exact) mass is 443 g/mol. The number of nitrogens with zero attached hydrogens (tertiary/aromatic N) is 2. The lowest BCUT2D eigenvalue weighted by Crippen LogP contribution is -2.37. The molecule has 0 aromatic carbocycles. The Balaban J connectivity index is 1.47. The van der Waals surface area contributed by atoms with E-state index >= 15 is 0 Å². The van der Waals surface area contributed by atoms with E-state index in [-0.39, 0.29) is 37.6 Å². The highest BCUT2D eigenvalue weighted by molar-refractivity contribution is 7.12. The third-order valence-electron chi connectivity index (χ3n) is 5.12. The highest BCUT2D eigenvalue weighted by Gasteiger charge is 2.45. The van der Waals surface area contributed by atoms with Crippen LogP contribution in [0.5, 0.6) is 0 Å². The maximum Gasteiger partial charge on any atom is 0.425 e. The zero-order valence-electron chi connectivity index (χ0n) is 15.9. The SMILES string of the molecule is Cc1cc2c(ccn2Cc2ccc(C(F)(F)F)s2)nc1NC(=O)CC1CC(F)(F)C1. The van der Waals surface area contributed by atoms with Gasteiger partial charge in [-0.2, -0.15) is 13.2 Å². The predicted molar refractivity (Wildman–Crippen MR) is 104 cm³/mol. The number of anilines is 1. The molecule has 0 spiro atoms. The van der Waals surface area contributed by atoms with Crippen molar-refractivity contribution >= 4 is 34.1 Å². The molecule has 3 aromatic heterocycles. The average molecular weight is 443 g/mol. The standard InChI is InChI=1S/C20H18F5N3OS/c1-11-6-15-14(26-18(11)27-17(29)7-12-8-19(21,22)9-12)4-5-28(15)10-13-2-3-16(30-13)20(23,24)25/h2-6,12H,7-10H2,1H3,(H,26,27,29). The number of hydrogen-bond acceptors (Lipinski definition) is 3. The first kappa shape index (κ1) is 20.8. The van der Waals surface area contributed by atoms with Crippen molar-refractivity contribution in [1.82, 2.24) is 9.55 Å². The van der Waals surface area contributed by atoms with E-state index in [0.717, 1.165) is 11.6 Å². The van der Waals surface area contributed by atoms with Gasteiger partial charge in [-0.25, -0.2) is 13.8 Å². The normalized spacial score (nSPS) is 16.6. The Bertz CT molecular complexity index is 1090. The van der Waals surface area contributed by atoms with Crippen molar-refractivity contribution in [3.8, 4) is 0 Å². The van der Waals surface area contributed by atoms with Gasteiger partial charge in [0.1, 0.15) is 10.7 Å². The second-order valence-electron chi connectivity index (χ2n) is 7.65. The fraction of sp³-hybridized carbons (Fsp3) is 0.400. The van der Waals surface area contributed by atoms with Crippen molar-refractivity contribution in [2.45, 2.75) is 44.8 Å². The lowest BCUT2D eigenvalue weighted by atomic mass is 9.79. The van der Waals surface area contributed by atoms with Crippen molar-refractivity contribution in [2.75, 3.05) is 5.32 Å². The summed E-state index contributed by atoms with van der Waals surface area (Å²) in [5.41, 5.74) is 1.99. The van der Waals surface area contributed by atoms with Gasteiger partial charge in [0.05, 0.1) is 17.6 Å². The molecule has 4 rings (SSSR count). The van der Waals surface area contributed by atoms with Crippen LogP contribution in [0, 0.1) is 12.8 Å². The summed E-state index contributed by atoms with van der Waals surface area (Å²) in [5, 5.41) is 2.68. The number of fused-ring (bicyclic) bond motifs is 1. The first-order chi connectivity index (χ1) is 14.0. The largest absolute Gasteiger partial charge is 0.425 e. The van der Waals surface area contributed by atoms with Gasteiger partial charge in [-0.1, -0.05) is 0 Å². The minimum absolute atomic E-state index is 0.0235. The Morgan fingerprint density at radius 2 is 2.03 bits per heavy atom. The number of hydrogen-bond donors (Lipinski definition) is 1. The third-order valence-corrected chi connectivity index (χ3v) is 6.23. The molecule has 160 valence electrons. The number of pyridine rings is 1. The van der Waals surface area contributed by atoms with Gasteiger partial charge in [0.15, 0.2) is 0 Å². The van der Waals surface area contributed by atoms with Crippen LogP contribution in [0.3, 0.4) is 0 Å². The van der Waals surface area contributed by atoms with Gasteiger partial charge < -0.3 is 9.88 Å². The molecule has 0 unspecified atom stereocenters. The summed E-state index contributed by atoms with van der Waals surface area (Å²) in [5.74, 6) is -2.99. The van der Waals surface area contributed by atoms with E-state index in [0.29, 0.717) is 33.1 Å². The van der Waals surface area contributed by atoms with Crippen LogP contribution in [0.4, 0.5) is 27.8 Å². The fourth-order valence-corrected chi connectivity index (χ4v) is 4.50. The molecule has 1 saturated carbocycles. The molecule has 3 heterocycles. The number of carbonyl (C=O) groups is 1. The number of amides is 1. The molecule has 1 N–H and O–H groups in total. The molecular formula is C20H18F5N3OS. The lowest BCUT2D eigenvalue weighted by molar-refractivity contribution is -0.134. The second-order valence-corrected chi connectivity index (χ2v) is 8.82. The minimum Gasteiger partial charge on any atom is -0.341 e. The molecule has 1 amide bonds. The quantitative estimate of drug-likeness (QED) is 0.503. The second kappa shape index (κ2) is 7.33. The van der Waals surface area contributed by atoms with Crippen LogP contribution >= 0.6 is 11.3 Å². The Morgan fingerprint density at radius 3 is 2.67 bits per heavy atom. The zero-order chi connectivity index (χ0) is 21.7. The molecule has 1 aliphatic rings. The number of halogens is 5. The number of aryl methyl sites for hydroxylation is 1. The Labute approximate surface area is 172 Å². The number of aromatic nitrogens is 2. The van der Waals surface area contributed by atoms with Gasteiger partial charge in [-0.15, -0.1) is 11.3 Å². The zero-order valence-corrected chi connectivity index (χ0v) is 16.7. The van der Waals surface area contributed by atoms with Crippen LogP contribution in [-0.2, 0) is 17.5 Å². The van der Waals surface area contributed by atoms with E-state index < -0.39 is 17.0 Å². The molecule has 3 aromatic rings. The van der Waals surface area contributed by atoms with Gasteiger partial charge in [-0.05, 0) is 42.7 Å². The van der Waals surface area contributed by atoms with E-state index in [1.54, 1.807) is 29.8 Å². The van der Waals surface area contributed by atoms with Crippen molar-refractivity contribution < 1.29 is 26.7 Å². The van der Waals surface area contributed by atoms with Gasteiger partial charge in [-0.3, -0.25) is 4.79 Å². The maximum absolute atomic E-state index is 12.9. The average Bonchev–Trinajstić information content (AvgIpc) is 3.21. The Kier molecular flexibility index (Phi) is 5.08. The first-order valence-corrected chi connectivity index (χ1v) is 10.1. The number of thiophene rings is 1. The minimum atomic E-state index is -4.36. The van der Waals surface area contributed by atoms with Crippen LogP contribution in [0.2, 0.25) is 0 Å². The van der Waals surface area contributed by atoms with Crippen molar-refractivity contribution in [3.63, 3.8) is 0 Å². The van der Waals surface area contributed by atoms with E-state index in [1.807, 2.05) is 0 Å². The van der Waals surface area contributed by atoms with E-state index in [2.05, 4.69) is 10.3 Å². The van der Waals surface area contributed by atoms with Gasteiger partial charge >= 0.3 is 6.18 Å². The summed E-state index contributed by atoms with van der Waals surface area (Å²) >= 11 is 0.699. The van der Waals surface area contributed by atoms with Crippen LogP contribution in [0.25, 0.3) is 11.0 Å². The molecule has 0 atom stereocenters. The number of rotatable bonds is 5. The molecule has 1 aliphatic carbocycles. The molecule has 0 saturated heterocycles. The smallest absolute Gasteiger partial charge is 0.341 e. The summed E-state index contributed by atoms with van der Waals surface area (Å²) in [6, 6.07) is 6.04. The van der Waals surface area contributed by atoms with Crippen LogP contribution in [0.1, 0.15) is 34.6 Å². The predicted octanol–water partition coefficient (Wildman–Crippen LogP) is 5.85. The van der Waals surface area contributed by atoms with Crippen molar-refractivity contribution in [3.05, 3.63) is 45.8 Å². The van der Waals surface area contributed by atoms with Gasteiger partial charge in [0.25, 0.3) is 0 Å². The Morgan fingerprint density at radius 1 is 1.30 bits per heavy atom. The molecule has 0 radical (unpaired) electrons. The van der Waals surface area contributed by atoms with E-state index in [1.165, 1.54) is 6.07 Å². The molecule has 10 heteroatoms. The Hall–Kier alpha value is -2.49. The fourth-order valence-electron chi connectivity index (χ4n) is 3.63. The van der Waals surface area contributed by atoms with Crippen LogP contribution < -0.4 is 5.32 Å². The van der Waals surface area contributed by atoms with Crippen LogP contribution in [-0.4, -0.2) is 21.4 Å². The summed E-state index contributed by atoms with van der Waals surface area (Å²) in [7, 11) is 0. The third kappa shape index (κ3) is 4.33. The van der Waals surface area contributed by atoms with Gasteiger partial charge in [0.2, 0.25) is 11.8 Å². The van der Waals surface area contributed by atoms with Crippen LogP contribution in [0.15, 0.2) is 30.5 Å². The molecule has 30 heavy (non-hydrogen) atoms. The summed E-state index contributed by atoms with van der Waals surface area (Å²) < 4.78 is 66.0. The number of nitrogens with one attached hydrogen (secondary N) is 1. The summed E-state index contributed by atoms with van der Waals surface area (Å²) in [6.45, 7) is 2.02. The molecule has 1 fully saturated rings. The van der Waals surface area contributed by atoms with Crippen molar-refractivity contribution in [2.24, 2.45) is 5.92 Å². The number of carbonyl (C=O) groups excluding carboxylic acids is 1. The summed E-state index contributed by atoms with van der Waals surface area (Å²) in [4.78, 5) is 16.5. The lowest BCUT2D eigenvalue weighted by Gasteiger charge is -2.34. The molecular weight excluding hydrogens is 425 g/mol. The highest BCUT2D eigenvalue weighted by Crippen LogP contribution is 2.44. The summed E-state index contributed by atoms with van der Waals surface area (Å²) in [6.07, 6.45) is -3.15. The van der Waals surface area contributed by atoms with Gasteiger partial charge in [0, 0.05) is 30.3 Å². The maximum atomic E-state index is 12.9. The van der Waals surface area contributed by atoms with Crippen molar-refractivity contribution in [1.29, 1.82) is 0 Å². The topological polar surface area (TPSA) is 46.9 Å².